The molecule has 10 heavy (non-hydrogen) atoms. The molecular formula is C8H8NO. The first kappa shape index (κ1) is 6.81. The number of carbonyl (C=O) groups is 1. The molecule has 0 aliphatic rings. The van der Waals surface area contributed by atoms with Gasteiger partial charge in [-0.25, -0.2) is 0 Å². The molecule has 1 amide bonds. The Morgan fingerprint density at radius 2 is 1.90 bits per heavy atom. The van der Waals surface area contributed by atoms with Crippen molar-refractivity contribution in [3.63, 3.8) is 0 Å². The molecule has 0 aliphatic carbocycles. The summed E-state index contributed by atoms with van der Waals surface area (Å²) in [5.74, 6) is 0. The van der Waals surface area contributed by atoms with Crippen LogP contribution in [0.2, 0.25) is 0 Å². The minimum absolute atomic E-state index is 0.651. The molecule has 0 aliphatic heterocycles. The standard InChI is InChI=1S/C8H8NO/c1-7-2-4-8(5-3-7)9-6-10/h2-6H,1H2,(H,9,10). The highest BCUT2D eigenvalue weighted by Crippen LogP contribution is 2.06. The first-order valence-electron chi connectivity index (χ1n) is 2.95. The fourth-order valence-corrected chi connectivity index (χ4v) is 0.669. The number of carbonyl (C=O) groups excluding carboxylic acids is 1. The molecule has 1 aromatic carbocycles. The lowest BCUT2D eigenvalue weighted by atomic mass is 10.2. The molecular weight excluding hydrogens is 126 g/mol. The molecule has 0 fully saturated rings. The van der Waals surface area contributed by atoms with E-state index in [0.29, 0.717) is 6.41 Å². The zero-order valence-electron chi connectivity index (χ0n) is 5.50. The van der Waals surface area contributed by atoms with Gasteiger partial charge in [-0.2, -0.15) is 0 Å². The molecule has 0 heterocycles. The summed E-state index contributed by atoms with van der Waals surface area (Å²) in [6, 6.07) is 7.28. The van der Waals surface area contributed by atoms with Gasteiger partial charge in [0, 0.05) is 5.69 Å². The number of hydrogen-bond donors (Lipinski definition) is 1. The van der Waals surface area contributed by atoms with Crippen LogP contribution in [-0.4, -0.2) is 6.41 Å². The predicted molar refractivity (Wildman–Crippen MR) is 40.6 cm³/mol. The monoisotopic (exact) mass is 134 g/mol. The Morgan fingerprint density at radius 3 is 2.40 bits per heavy atom. The second-order valence-electron chi connectivity index (χ2n) is 1.96. The van der Waals surface area contributed by atoms with E-state index in [1.165, 1.54) is 0 Å². The lowest BCUT2D eigenvalue weighted by molar-refractivity contribution is -0.105. The number of nitrogens with one attached hydrogen (secondary N) is 1. The number of anilines is 1. The highest BCUT2D eigenvalue weighted by atomic mass is 16.1. The van der Waals surface area contributed by atoms with Gasteiger partial charge in [0.15, 0.2) is 0 Å². The van der Waals surface area contributed by atoms with Crippen molar-refractivity contribution < 1.29 is 4.79 Å². The minimum atomic E-state index is 0.651. The quantitative estimate of drug-likeness (QED) is 0.609. The van der Waals surface area contributed by atoms with E-state index in [4.69, 9.17) is 0 Å². The van der Waals surface area contributed by atoms with Gasteiger partial charge in [0.25, 0.3) is 0 Å². The molecule has 1 radical (unpaired) electrons. The van der Waals surface area contributed by atoms with E-state index in [0.717, 1.165) is 11.3 Å². The third-order valence-corrected chi connectivity index (χ3v) is 1.18. The number of hydrogen-bond acceptors (Lipinski definition) is 1. The summed E-state index contributed by atoms with van der Waals surface area (Å²) in [6.45, 7) is 3.71. The van der Waals surface area contributed by atoms with Crippen molar-refractivity contribution in [3.8, 4) is 0 Å². The summed E-state index contributed by atoms with van der Waals surface area (Å²) in [6.07, 6.45) is 0.651. The Labute approximate surface area is 59.9 Å². The lowest BCUT2D eigenvalue weighted by Crippen LogP contribution is -1.92. The van der Waals surface area contributed by atoms with Crippen LogP contribution in [0.3, 0.4) is 0 Å². The fourth-order valence-electron chi connectivity index (χ4n) is 0.669. The molecule has 1 N–H and O–H groups in total. The molecule has 1 rings (SSSR count). The molecule has 0 saturated carbocycles. The SMILES string of the molecule is [CH2]c1ccc(NC=O)cc1. The number of benzene rings is 1. The van der Waals surface area contributed by atoms with Crippen LogP contribution in [0.1, 0.15) is 5.56 Å². The van der Waals surface area contributed by atoms with E-state index < -0.39 is 0 Å². The summed E-state index contributed by atoms with van der Waals surface area (Å²) in [5.41, 5.74) is 1.74. The molecule has 0 bridgehead atoms. The normalized spacial score (nSPS) is 8.90. The van der Waals surface area contributed by atoms with Crippen LogP contribution in [0, 0.1) is 6.92 Å². The molecule has 51 valence electrons. The molecule has 0 atom stereocenters. The third-order valence-electron chi connectivity index (χ3n) is 1.18. The Kier molecular flexibility index (Phi) is 2.05. The molecule has 0 aromatic heterocycles. The van der Waals surface area contributed by atoms with Gasteiger partial charge in [-0.1, -0.05) is 12.1 Å². The Balaban J connectivity index is 2.78. The molecule has 0 unspecified atom stereocenters. The van der Waals surface area contributed by atoms with Gasteiger partial charge >= 0.3 is 0 Å². The van der Waals surface area contributed by atoms with Gasteiger partial charge in [0.2, 0.25) is 6.41 Å². The first-order valence-corrected chi connectivity index (χ1v) is 2.95. The molecule has 2 nitrogen and oxygen atoms in total. The summed E-state index contributed by atoms with van der Waals surface area (Å²) in [5, 5.41) is 2.53. The lowest BCUT2D eigenvalue weighted by Gasteiger charge is -1.96. The van der Waals surface area contributed by atoms with Crippen LogP contribution < -0.4 is 5.32 Å². The highest BCUT2D eigenvalue weighted by Gasteiger charge is 1.86. The van der Waals surface area contributed by atoms with Crippen molar-refractivity contribution in [2.75, 3.05) is 5.32 Å². The second-order valence-corrected chi connectivity index (χ2v) is 1.96. The number of rotatable bonds is 2. The van der Waals surface area contributed by atoms with E-state index in [1.54, 1.807) is 12.1 Å². The topological polar surface area (TPSA) is 29.1 Å². The zero-order valence-corrected chi connectivity index (χ0v) is 5.50. The average molecular weight is 134 g/mol. The van der Waals surface area contributed by atoms with Crippen LogP contribution >= 0.6 is 0 Å². The van der Waals surface area contributed by atoms with Gasteiger partial charge in [-0.15, -0.1) is 0 Å². The molecule has 2 heteroatoms. The summed E-state index contributed by atoms with van der Waals surface area (Å²) in [4.78, 5) is 9.93. The van der Waals surface area contributed by atoms with E-state index in [1.807, 2.05) is 12.1 Å². The first-order chi connectivity index (χ1) is 4.83. The average Bonchev–Trinajstić information content (AvgIpc) is 1.95. The van der Waals surface area contributed by atoms with Crippen molar-refractivity contribution in [1.29, 1.82) is 0 Å². The van der Waals surface area contributed by atoms with Crippen LogP contribution in [-0.2, 0) is 4.79 Å². The summed E-state index contributed by atoms with van der Waals surface area (Å²) in [7, 11) is 0. The predicted octanol–water partition coefficient (Wildman–Crippen LogP) is 1.44. The maximum atomic E-state index is 9.93. The van der Waals surface area contributed by atoms with Crippen molar-refractivity contribution >= 4 is 12.1 Å². The second kappa shape index (κ2) is 3.01. The van der Waals surface area contributed by atoms with Gasteiger partial charge in [0.05, 0.1) is 0 Å². The zero-order chi connectivity index (χ0) is 7.40. The Hall–Kier alpha value is -1.31. The molecule has 1 aromatic rings. The highest BCUT2D eigenvalue weighted by molar-refractivity contribution is 5.71. The van der Waals surface area contributed by atoms with Crippen LogP contribution in [0.15, 0.2) is 24.3 Å². The van der Waals surface area contributed by atoms with Crippen molar-refractivity contribution in [2.24, 2.45) is 0 Å². The van der Waals surface area contributed by atoms with Crippen molar-refractivity contribution in [2.45, 2.75) is 0 Å². The summed E-state index contributed by atoms with van der Waals surface area (Å²) >= 11 is 0. The largest absolute Gasteiger partial charge is 0.329 e. The van der Waals surface area contributed by atoms with Crippen LogP contribution in [0.25, 0.3) is 0 Å². The van der Waals surface area contributed by atoms with Crippen LogP contribution in [0.5, 0.6) is 0 Å². The molecule has 0 spiro atoms. The summed E-state index contributed by atoms with van der Waals surface area (Å²) < 4.78 is 0. The van der Waals surface area contributed by atoms with Gasteiger partial charge in [-0.3, -0.25) is 4.79 Å². The minimum Gasteiger partial charge on any atom is -0.329 e. The smallest absolute Gasteiger partial charge is 0.211 e. The van der Waals surface area contributed by atoms with Crippen molar-refractivity contribution in [3.05, 3.63) is 36.8 Å². The number of amides is 1. The maximum absolute atomic E-state index is 9.93. The van der Waals surface area contributed by atoms with E-state index in [9.17, 15) is 4.79 Å². The fraction of sp³-hybridized carbons (Fsp3) is 0. The van der Waals surface area contributed by atoms with Crippen LogP contribution in [0.4, 0.5) is 5.69 Å². The van der Waals surface area contributed by atoms with E-state index in [-0.39, 0.29) is 0 Å². The van der Waals surface area contributed by atoms with Gasteiger partial charge in [0.1, 0.15) is 0 Å². The molecule has 0 saturated heterocycles. The van der Waals surface area contributed by atoms with Gasteiger partial charge in [-0.05, 0) is 24.6 Å². The van der Waals surface area contributed by atoms with Crippen molar-refractivity contribution in [1.82, 2.24) is 0 Å². The Bertz CT molecular complexity index is 215. The maximum Gasteiger partial charge on any atom is 0.211 e. The Morgan fingerprint density at radius 1 is 1.30 bits per heavy atom. The third kappa shape index (κ3) is 1.58. The van der Waals surface area contributed by atoms with E-state index in [2.05, 4.69) is 12.2 Å². The van der Waals surface area contributed by atoms with Gasteiger partial charge < -0.3 is 5.32 Å². The van der Waals surface area contributed by atoms with E-state index >= 15 is 0 Å².